The molecule has 168 valence electrons. The fourth-order valence-corrected chi connectivity index (χ4v) is 4.12. The second-order valence-electron chi connectivity index (χ2n) is 7.72. The van der Waals surface area contributed by atoms with E-state index < -0.39 is 18.7 Å². The molecule has 0 aliphatic carbocycles. The van der Waals surface area contributed by atoms with Crippen LogP contribution in [0.1, 0.15) is 44.9 Å². The minimum Gasteiger partial charge on any atom is -0.478 e. The summed E-state index contributed by atoms with van der Waals surface area (Å²) in [6.07, 6.45) is 0.552. The van der Waals surface area contributed by atoms with Gasteiger partial charge in [0.15, 0.2) is 0 Å². The molecule has 31 heavy (non-hydrogen) atoms. The number of aliphatic hydroxyl groups is 2. The topological polar surface area (TPSA) is 126 Å². The predicted octanol–water partition coefficient (Wildman–Crippen LogP) is 2.62. The normalized spacial score (nSPS) is 15.7. The molecule has 0 bridgehead atoms. The number of aliphatic hydroxyl groups excluding tert-OH is 2. The van der Waals surface area contributed by atoms with Crippen molar-refractivity contribution in [2.75, 3.05) is 24.6 Å². The number of nitrogens with one attached hydrogen (secondary N) is 2. The number of rotatable bonds is 7. The Morgan fingerprint density at radius 3 is 2.45 bits per heavy atom. The molecule has 10 heteroatoms. The van der Waals surface area contributed by atoms with Crippen LogP contribution >= 0.6 is 23.2 Å². The molecule has 1 atom stereocenters. The number of hydrogen-bond acceptors (Lipinski definition) is 5. The zero-order chi connectivity index (χ0) is 22.7. The Kier molecular flexibility index (Phi) is 7.48. The molecule has 1 unspecified atom stereocenters. The Hall–Kier alpha value is -2.26. The molecule has 5 N–H and O–H groups in total. The number of aromatic amines is 1. The van der Waals surface area contributed by atoms with Gasteiger partial charge >= 0.3 is 5.97 Å². The first-order chi connectivity index (χ1) is 14.7. The highest BCUT2D eigenvalue weighted by molar-refractivity contribution is 6.44. The number of benzene rings is 1. The number of piperidine rings is 1. The summed E-state index contributed by atoms with van der Waals surface area (Å²) < 4.78 is 0. The van der Waals surface area contributed by atoms with Crippen LogP contribution in [-0.2, 0) is 6.42 Å². The fourth-order valence-electron chi connectivity index (χ4n) is 3.70. The molecule has 1 aliphatic heterocycles. The third-order valence-electron chi connectivity index (χ3n) is 5.38. The van der Waals surface area contributed by atoms with Crippen molar-refractivity contribution in [3.63, 3.8) is 0 Å². The Bertz CT molecular complexity index is 970. The van der Waals surface area contributed by atoms with Gasteiger partial charge in [0.05, 0.1) is 28.3 Å². The fraction of sp³-hybridized carbons (Fsp3) is 0.429. The number of carbonyl (C=O) groups is 2. The van der Waals surface area contributed by atoms with Crippen LogP contribution in [0.15, 0.2) is 18.2 Å². The van der Waals surface area contributed by atoms with Crippen LogP contribution in [0.2, 0.25) is 10.0 Å². The van der Waals surface area contributed by atoms with Crippen LogP contribution in [0.5, 0.6) is 0 Å². The molecule has 0 saturated carbocycles. The van der Waals surface area contributed by atoms with Gasteiger partial charge in [-0.15, -0.1) is 0 Å². The third kappa shape index (κ3) is 5.51. The van der Waals surface area contributed by atoms with E-state index >= 15 is 0 Å². The highest BCUT2D eigenvalue weighted by atomic mass is 35.5. The Morgan fingerprint density at radius 1 is 1.23 bits per heavy atom. The lowest BCUT2D eigenvalue weighted by Gasteiger charge is -2.34. The van der Waals surface area contributed by atoms with E-state index in [0.717, 1.165) is 5.69 Å². The van der Waals surface area contributed by atoms with E-state index in [9.17, 15) is 19.8 Å². The van der Waals surface area contributed by atoms with E-state index in [2.05, 4.69) is 10.3 Å². The van der Waals surface area contributed by atoms with Crippen LogP contribution in [0.25, 0.3) is 0 Å². The molecule has 1 saturated heterocycles. The molecule has 2 heterocycles. The predicted molar refractivity (Wildman–Crippen MR) is 118 cm³/mol. The molecule has 1 fully saturated rings. The van der Waals surface area contributed by atoms with Crippen molar-refractivity contribution < 1.29 is 24.9 Å². The van der Waals surface area contributed by atoms with Crippen LogP contribution in [0.4, 0.5) is 5.69 Å². The summed E-state index contributed by atoms with van der Waals surface area (Å²) in [5.41, 5.74) is 2.38. The van der Waals surface area contributed by atoms with Crippen molar-refractivity contribution in [2.45, 2.75) is 38.3 Å². The number of anilines is 1. The number of carboxylic acids is 1. The van der Waals surface area contributed by atoms with Crippen LogP contribution in [0, 0.1) is 6.92 Å². The van der Waals surface area contributed by atoms with Gasteiger partial charge in [0.25, 0.3) is 5.91 Å². The first-order valence-corrected chi connectivity index (χ1v) is 10.7. The van der Waals surface area contributed by atoms with Crippen molar-refractivity contribution in [1.82, 2.24) is 10.3 Å². The van der Waals surface area contributed by atoms with E-state index in [4.69, 9.17) is 28.3 Å². The molecule has 1 aromatic carbocycles. The lowest BCUT2D eigenvalue weighted by Crippen LogP contribution is -2.45. The smallest absolute Gasteiger partial charge is 0.335 e. The number of aryl methyl sites for hydroxylation is 1. The van der Waals surface area contributed by atoms with Gasteiger partial charge in [0.2, 0.25) is 0 Å². The molecule has 0 radical (unpaired) electrons. The lowest BCUT2D eigenvalue weighted by atomic mass is 10.0. The number of carboxylic acid groups (broad SMARTS) is 1. The molecule has 1 amide bonds. The van der Waals surface area contributed by atoms with Crippen molar-refractivity contribution in [2.24, 2.45) is 0 Å². The number of halogens is 2. The standard InChI is InChI=1S/C21H25Cl2N3O5/c1-11-17(22)18(23)19(24-11)20(29)25-14-2-4-26(5-3-14)15-7-12(8-16(28)10-27)6-13(9-15)21(30)31/h6-7,9,14,16,24,27-28H,2-5,8,10H2,1H3,(H,25,29)(H,30,31). The molecule has 1 aliphatic rings. The van der Waals surface area contributed by atoms with Crippen molar-refractivity contribution in [3.05, 3.63) is 50.8 Å². The highest BCUT2D eigenvalue weighted by Crippen LogP contribution is 2.29. The van der Waals surface area contributed by atoms with Gasteiger partial charge in [-0.05, 0) is 43.5 Å². The summed E-state index contributed by atoms with van der Waals surface area (Å²) in [5.74, 6) is -1.37. The molecule has 8 nitrogen and oxygen atoms in total. The average Bonchev–Trinajstić information content (AvgIpc) is 3.01. The second kappa shape index (κ2) is 9.91. The number of H-pyrrole nitrogens is 1. The van der Waals surface area contributed by atoms with Crippen LogP contribution in [0.3, 0.4) is 0 Å². The maximum atomic E-state index is 12.5. The van der Waals surface area contributed by atoms with E-state index in [1.807, 2.05) is 11.0 Å². The van der Waals surface area contributed by atoms with Gasteiger partial charge in [0.1, 0.15) is 5.69 Å². The summed E-state index contributed by atoms with van der Waals surface area (Å²) in [5, 5.41) is 31.7. The first kappa shape index (κ1) is 23.4. The number of hydrogen-bond donors (Lipinski definition) is 5. The monoisotopic (exact) mass is 469 g/mol. The molecular weight excluding hydrogens is 445 g/mol. The number of aromatic carboxylic acids is 1. The van der Waals surface area contributed by atoms with Crippen LogP contribution < -0.4 is 10.2 Å². The van der Waals surface area contributed by atoms with E-state index in [0.29, 0.717) is 42.2 Å². The van der Waals surface area contributed by atoms with Gasteiger partial charge < -0.3 is 30.5 Å². The molecule has 0 spiro atoms. The maximum Gasteiger partial charge on any atom is 0.335 e. The van der Waals surface area contributed by atoms with Gasteiger partial charge in [-0.25, -0.2) is 4.79 Å². The average molecular weight is 470 g/mol. The summed E-state index contributed by atoms with van der Waals surface area (Å²) in [6.45, 7) is 2.58. The summed E-state index contributed by atoms with van der Waals surface area (Å²) in [7, 11) is 0. The minimum absolute atomic E-state index is 0.0551. The molecular formula is C21H25Cl2N3O5. The highest BCUT2D eigenvalue weighted by Gasteiger charge is 2.25. The van der Waals surface area contributed by atoms with Crippen LogP contribution in [-0.4, -0.2) is 64.0 Å². The third-order valence-corrected chi connectivity index (χ3v) is 6.33. The largest absolute Gasteiger partial charge is 0.478 e. The van der Waals surface area contributed by atoms with Gasteiger partial charge in [-0.3, -0.25) is 4.79 Å². The quantitative estimate of drug-likeness (QED) is 0.424. The van der Waals surface area contributed by atoms with E-state index in [1.54, 1.807) is 13.0 Å². The zero-order valence-corrected chi connectivity index (χ0v) is 18.5. The summed E-state index contributed by atoms with van der Waals surface area (Å²) in [4.78, 5) is 29.0. The SMILES string of the molecule is Cc1[nH]c(C(=O)NC2CCN(c3cc(CC(O)CO)cc(C(=O)O)c3)CC2)c(Cl)c1Cl. The lowest BCUT2D eigenvalue weighted by molar-refractivity contribution is 0.0695. The molecule has 2 aromatic rings. The zero-order valence-electron chi connectivity index (χ0n) is 17.0. The molecule has 3 rings (SSSR count). The summed E-state index contributed by atoms with van der Waals surface area (Å²) >= 11 is 12.2. The maximum absolute atomic E-state index is 12.5. The number of amides is 1. The first-order valence-electron chi connectivity index (χ1n) is 9.95. The summed E-state index contributed by atoms with van der Waals surface area (Å²) in [6, 6.07) is 4.87. The number of nitrogens with zero attached hydrogens (tertiary/aromatic N) is 1. The molecule has 1 aromatic heterocycles. The minimum atomic E-state index is -1.06. The Labute approximate surface area is 189 Å². The number of carbonyl (C=O) groups excluding carboxylic acids is 1. The van der Waals surface area contributed by atoms with Crippen molar-refractivity contribution >= 4 is 40.8 Å². The van der Waals surface area contributed by atoms with E-state index in [-0.39, 0.29) is 34.6 Å². The van der Waals surface area contributed by atoms with Crippen molar-refractivity contribution in [1.29, 1.82) is 0 Å². The Morgan fingerprint density at radius 2 is 1.90 bits per heavy atom. The van der Waals surface area contributed by atoms with Gasteiger partial charge in [0, 0.05) is 36.9 Å². The van der Waals surface area contributed by atoms with E-state index in [1.165, 1.54) is 6.07 Å². The Balaban J connectivity index is 1.66. The second-order valence-corrected chi connectivity index (χ2v) is 8.48. The number of aromatic nitrogens is 1. The van der Waals surface area contributed by atoms with Crippen molar-refractivity contribution in [3.8, 4) is 0 Å². The van der Waals surface area contributed by atoms with Gasteiger partial charge in [-0.1, -0.05) is 23.2 Å². The van der Waals surface area contributed by atoms with Gasteiger partial charge in [-0.2, -0.15) is 0 Å².